The number of nitrogens with two attached hydrogens (primary N) is 1. The van der Waals surface area contributed by atoms with E-state index in [0.717, 1.165) is 34.7 Å². The Kier molecular flexibility index (Phi) is 2.75. The van der Waals surface area contributed by atoms with Gasteiger partial charge in [-0.1, -0.05) is 31.2 Å². The number of aromatic nitrogens is 2. The first-order valence-electron chi connectivity index (χ1n) is 6.52. The number of nitrogen functional groups attached to an aromatic ring is 1. The highest BCUT2D eigenvalue weighted by atomic mass is 15.0. The lowest BCUT2D eigenvalue weighted by Crippen LogP contribution is -1.96. The van der Waals surface area contributed by atoms with Crippen LogP contribution in [0.1, 0.15) is 18.2 Å². The second kappa shape index (κ2) is 4.43. The molecule has 0 fully saturated rings. The molecule has 0 atom stereocenters. The van der Waals surface area contributed by atoms with Gasteiger partial charge in [-0.15, -0.1) is 0 Å². The molecule has 1 aromatic carbocycles. The molecule has 2 heterocycles. The predicted octanol–water partition coefficient (Wildman–Crippen LogP) is 3.45. The summed E-state index contributed by atoms with van der Waals surface area (Å²) in [4.78, 5) is 4.65. The van der Waals surface area contributed by atoms with Crippen LogP contribution in [0.3, 0.4) is 0 Å². The van der Waals surface area contributed by atoms with Crippen molar-refractivity contribution in [2.45, 2.75) is 20.3 Å². The van der Waals surface area contributed by atoms with Crippen LogP contribution in [-0.2, 0) is 6.42 Å². The average molecular weight is 251 g/mol. The van der Waals surface area contributed by atoms with E-state index in [1.54, 1.807) is 0 Å². The number of nitrogens with zero attached hydrogens (tertiary/aromatic N) is 2. The van der Waals surface area contributed by atoms with Gasteiger partial charge in [-0.3, -0.25) is 0 Å². The number of anilines is 1. The van der Waals surface area contributed by atoms with Crippen LogP contribution < -0.4 is 5.73 Å². The number of fused-ring (bicyclic) bond motifs is 1. The lowest BCUT2D eigenvalue weighted by molar-refractivity contribution is 1.10. The molecule has 0 aliphatic rings. The summed E-state index contributed by atoms with van der Waals surface area (Å²) in [6.07, 6.45) is 3.10. The minimum absolute atomic E-state index is 0.790. The van der Waals surface area contributed by atoms with Gasteiger partial charge in [0.15, 0.2) is 0 Å². The van der Waals surface area contributed by atoms with Gasteiger partial charge in [-0.2, -0.15) is 0 Å². The molecule has 0 amide bonds. The molecule has 0 aliphatic heterocycles. The Bertz CT molecular complexity index is 724. The fraction of sp³-hybridized carbons (Fsp3) is 0.188. The molecule has 3 aromatic rings. The number of hydrogen-bond acceptors (Lipinski definition) is 2. The highest BCUT2D eigenvalue weighted by Gasteiger charge is 2.07. The zero-order valence-electron chi connectivity index (χ0n) is 11.2. The predicted molar refractivity (Wildman–Crippen MR) is 79.2 cm³/mol. The zero-order chi connectivity index (χ0) is 13.4. The van der Waals surface area contributed by atoms with E-state index in [4.69, 9.17) is 5.73 Å². The Balaban J connectivity index is 2.12. The quantitative estimate of drug-likeness (QED) is 0.758. The Morgan fingerprint density at radius 3 is 2.53 bits per heavy atom. The van der Waals surface area contributed by atoms with E-state index in [9.17, 15) is 0 Å². The smallest absolute Gasteiger partial charge is 0.137 e. The van der Waals surface area contributed by atoms with Gasteiger partial charge < -0.3 is 10.1 Å². The van der Waals surface area contributed by atoms with Crippen molar-refractivity contribution in [3.8, 4) is 11.3 Å². The lowest BCUT2D eigenvalue weighted by Gasteiger charge is -2.01. The Labute approximate surface area is 112 Å². The number of imidazole rings is 1. The molecular formula is C16H17N3. The maximum Gasteiger partial charge on any atom is 0.137 e. The monoisotopic (exact) mass is 251 g/mol. The van der Waals surface area contributed by atoms with Crippen molar-refractivity contribution in [1.82, 2.24) is 9.38 Å². The van der Waals surface area contributed by atoms with Crippen LogP contribution in [0.4, 0.5) is 5.69 Å². The van der Waals surface area contributed by atoms with Crippen molar-refractivity contribution in [2.24, 2.45) is 0 Å². The molecule has 2 aromatic heterocycles. The molecule has 96 valence electrons. The van der Waals surface area contributed by atoms with E-state index in [2.05, 4.69) is 36.2 Å². The van der Waals surface area contributed by atoms with Crippen LogP contribution in [0.5, 0.6) is 0 Å². The van der Waals surface area contributed by atoms with Gasteiger partial charge in [0, 0.05) is 17.5 Å². The van der Waals surface area contributed by atoms with Crippen LogP contribution in [0.2, 0.25) is 0 Å². The number of pyridine rings is 1. The SMILES string of the molecule is CCc1ccc(-c2cn3c(C)c(N)ccc3n2)cc1. The van der Waals surface area contributed by atoms with Crippen molar-refractivity contribution < 1.29 is 0 Å². The molecule has 3 heteroatoms. The van der Waals surface area contributed by atoms with E-state index in [1.807, 2.05) is 29.7 Å². The average Bonchev–Trinajstić information content (AvgIpc) is 2.88. The van der Waals surface area contributed by atoms with E-state index in [0.29, 0.717) is 0 Å². The molecule has 0 radical (unpaired) electrons. The molecule has 0 saturated carbocycles. The summed E-state index contributed by atoms with van der Waals surface area (Å²) >= 11 is 0. The van der Waals surface area contributed by atoms with E-state index in [-0.39, 0.29) is 0 Å². The first kappa shape index (κ1) is 11.8. The summed E-state index contributed by atoms with van der Waals surface area (Å²) < 4.78 is 2.04. The van der Waals surface area contributed by atoms with Crippen LogP contribution >= 0.6 is 0 Å². The molecular weight excluding hydrogens is 234 g/mol. The number of hydrogen-bond donors (Lipinski definition) is 1. The summed E-state index contributed by atoms with van der Waals surface area (Å²) in [5, 5.41) is 0. The zero-order valence-corrected chi connectivity index (χ0v) is 11.2. The minimum Gasteiger partial charge on any atom is -0.397 e. The number of rotatable bonds is 2. The molecule has 19 heavy (non-hydrogen) atoms. The second-order valence-corrected chi connectivity index (χ2v) is 4.78. The van der Waals surface area contributed by atoms with Gasteiger partial charge in [0.25, 0.3) is 0 Å². The molecule has 0 bridgehead atoms. The molecule has 2 N–H and O–H groups in total. The molecule has 0 spiro atoms. The van der Waals surface area contributed by atoms with Crippen LogP contribution in [0.15, 0.2) is 42.6 Å². The van der Waals surface area contributed by atoms with Gasteiger partial charge in [-0.05, 0) is 31.0 Å². The summed E-state index contributed by atoms with van der Waals surface area (Å²) in [6, 6.07) is 12.4. The number of aryl methyl sites for hydroxylation is 2. The van der Waals surface area contributed by atoms with Crippen LogP contribution in [0.25, 0.3) is 16.9 Å². The normalized spacial score (nSPS) is 11.1. The third kappa shape index (κ3) is 1.97. The maximum atomic E-state index is 5.92. The van der Waals surface area contributed by atoms with Gasteiger partial charge in [0.1, 0.15) is 5.65 Å². The largest absolute Gasteiger partial charge is 0.397 e. The first-order chi connectivity index (χ1) is 9.19. The summed E-state index contributed by atoms with van der Waals surface area (Å²) in [5.74, 6) is 0. The summed E-state index contributed by atoms with van der Waals surface area (Å²) in [6.45, 7) is 4.17. The van der Waals surface area contributed by atoms with Crippen LogP contribution in [-0.4, -0.2) is 9.38 Å². The fourth-order valence-electron chi connectivity index (χ4n) is 2.26. The van der Waals surface area contributed by atoms with Crippen molar-refractivity contribution in [3.05, 3.63) is 53.9 Å². The van der Waals surface area contributed by atoms with Gasteiger partial charge in [0.2, 0.25) is 0 Å². The van der Waals surface area contributed by atoms with E-state index >= 15 is 0 Å². The van der Waals surface area contributed by atoms with Crippen molar-refractivity contribution in [1.29, 1.82) is 0 Å². The molecule has 0 unspecified atom stereocenters. The summed E-state index contributed by atoms with van der Waals surface area (Å²) in [7, 11) is 0. The third-order valence-corrected chi connectivity index (χ3v) is 3.58. The standard InChI is InChI=1S/C16H17N3/c1-3-12-4-6-13(7-5-12)15-10-19-11(2)14(17)8-9-16(19)18-15/h4-10H,3,17H2,1-2H3. The van der Waals surface area contributed by atoms with Crippen molar-refractivity contribution in [3.63, 3.8) is 0 Å². The van der Waals surface area contributed by atoms with E-state index < -0.39 is 0 Å². The molecule has 3 nitrogen and oxygen atoms in total. The topological polar surface area (TPSA) is 43.3 Å². The molecule has 0 aliphatic carbocycles. The maximum absolute atomic E-state index is 5.92. The van der Waals surface area contributed by atoms with Crippen molar-refractivity contribution >= 4 is 11.3 Å². The second-order valence-electron chi connectivity index (χ2n) is 4.78. The Hall–Kier alpha value is -2.29. The van der Waals surface area contributed by atoms with Crippen LogP contribution in [0, 0.1) is 6.92 Å². The highest BCUT2D eigenvalue weighted by Crippen LogP contribution is 2.22. The Morgan fingerprint density at radius 1 is 1.11 bits per heavy atom. The molecule has 0 saturated heterocycles. The van der Waals surface area contributed by atoms with E-state index in [1.165, 1.54) is 5.56 Å². The van der Waals surface area contributed by atoms with Gasteiger partial charge in [-0.25, -0.2) is 4.98 Å². The minimum atomic E-state index is 0.790. The third-order valence-electron chi connectivity index (χ3n) is 3.58. The van der Waals surface area contributed by atoms with Crippen molar-refractivity contribution in [2.75, 3.05) is 5.73 Å². The first-order valence-corrected chi connectivity index (χ1v) is 6.52. The van der Waals surface area contributed by atoms with Gasteiger partial charge >= 0.3 is 0 Å². The fourth-order valence-corrected chi connectivity index (χ4v) is 2.26. The highest BCUT2D eigenvalue weighted by molar-refractivity contribution is 5.64. The number of benzene rings is 1. The summed E-state index contributed by atoms with van der Waals surface area (Å²) in [5.41, 5.74) is 12.1. The lowest BCUT2D eigenvalue weighted by atomic mass is 10.1. The van der Waals surface area contributed by atoms with Gasteiger partial charge in [0.05, 0.1) is 11.4 Å². The molecule has 3 rings (SSSR count). The Morgan fingerprint density at radius 2 is 1.84 bits per heavy atom.